The van der Waals surface area contributed by atoms with Crippen LogP contribution in [0, 0.1) is 5.82 Å². The van der Waals surface area contributed by atoms with Gasteiger partial charge in [-0.1, -0.05) is 30.3 Å². The molecule has 2 aliphatic heterocycles. The maximum Gasteiger partial charge on any atom is 0.258 e. The van der Waals surface area contributed by atoms with Crippen molar-refractivity contribution in [3.63, 3.8) is 0 Å². The Morgan fingerprint density at radius 1 is 1.41 bits per heavy atom. The second-order valence-electron chi connectivity index (χ2n) is 6.34. The van der Waals surface area contributed by atoms with Gasteiger partial charge in [0.25, 0.3) is 5.91 Å². The minimum Gasteiger partial charge on any atom is -0.507 e. The Morgan fingerprint density at radius 3 is 2.78 bits per heavy atom. The van der Waals surface area contributed by atoms with Crippen LogP contribution in [-0.2, 0) is 0 Å². The third-order valence-electron chi connectivity index (χ3n) is 4.41. The summed E-state index contributed by atoms with van der Waals surface area (Å²) in [6.45, 7) is 8.02. The first-order valence-electron chi connectivity index (χ1n) is 8.33. The van der Waals surface area contributed by atoms with Gasteiger partial charge in [-0.15, -0.1) is 0 Å². The van der Waals surface area contributed by atoms with E-state index in [4.69, 9.17) is 11.6 Å². The normalized spacial score (nSPS) is 21.4. The topological polar surface area (TPSA) is 64.9 Å². The van der Waals surface area contributed by atoms with Crippen LogP contribution in [0.2, 0.25) is 0 Å². The highest BCUT2D eigenvalue weighted by Crippen LogP contribution is 2.30. The van der Waals surface area contributed by atoms with Gasteiger partial charge in [0.05, 0.1) is 22.9 Å². The summed E-state index contributed by atoms with van der Waals surface area (Å²) >= 11 is 6.19. The molecule has 2 heterocycles. The van der Waals surface area contributed by atoms with Gasteiger partial charge in [-0.2, -0.15) is 0 Å². The summed E-state index contributed by atoms with van der Waals surface area (Å²) in [6.07, 6.45) is 3.47. The largest absolute Gasteiger partial charge is 0.507 e. The predicted molar refractivity (Wildman–Crippen MR) is 104 cm³/mol. The fourth-order valence-electron chi connectivity index (χ4n) is 3.06. The number of hydrogen-bond acceptors (Lipinski definition) is 4. The highest BCUT2D eigenvalue weighted by Gasteiger charge is 2.31. The molecule has 2 aliphatic rings. The zero-order valence-corrected chi connectivity index (χ0v) is 15.8. The summed E-state index contributed by atoms with van der Waals surface area (Å²) in [5.74, 6) is -0.748. The van der Waals surface area contributed by atoms with Crippen molar-refractivity contribution in [1.29, 1.82) is 0 Å². The number of hydrogen-bond donors (Lipinski definition) is 2. The number of likely N-dealkylation sites (tertiary alicyclic amines) is 1. The highest BCUT2D eigenvalue weighted by atomic mass is 35.5. The number of phenols is 1. The molecule has 0 unspecified atom stereocenters. The van der Waals surface area contributed by atoms with E-state index in [1.165, 1.54) is 6.07 Å². The summed E-state index contributed by atoms with van der Waals surface area (Å²) in [6, 6.07) is 3.36. The number of aliphatic imine (C=N–C) groups is 1. The Labute approximate surface area is 161 Å². The van der Waals surface area contributed by atoms with E-state index >= 15 is 0 Å². The van der Waals surface area contributed by atoms with Gasteiger partial charge in [-0.25, -0.2) is 9.38 Å². The molecule has 7 heteroatoms. The van der Waals surface area contributed by atoms with Crippen LogP contribution in [0.25, 0.3) is 0 Å². The molecule has 1 aromatic rings. The van der Waals surface area contributed by atoms with Crippen LogP contribution in [0.15, 0.2) is 69.6 Å². The molecule has 0 radical (unpaired) electrons. The quantitative estimate of drug-likeness (QED) is 0.810. The molecule has 1 aromatic carbocycles. The molecule has 2 N–H and O–H groups in total. The molecule has 1 fully saturated rings. The lowest BCUT2D eigenvalue weighted by Gasteiger charge is -2.19. The predicted octanol–water partition coefficient (Wildman–Crippen LogP) is 3.85. The molecule has 0 saturated carbocycles. The molecule has 0 aromatic heterocycles. The molecule has 27 heavy (non-hydrogen) atoms. The Bertz CT molecular complexity index is 960. The number of phenolic OH excluding ortho intramolecular Hbond substituents is 1. The molecule has 3 rings (SSSR count). The number of allylic oxidation sites excluding steroid dienone is 4. The Balaban J connectivity index is 1.97. The molecule has 0 bridgehead atoms. The summed E-state index contributed by atoms with van der Waals surface area (Å²) in [5, 5.41) is 13.7. The zero-order chi connectivity index (χ0) is 19.7. The van der Waals surface area contributed by atoms with Crippen molar-refractivity contribution in [1.82, 2.24) is 10.2 Å². The fraction of sp³-hybridized carbons (Fsp3) is 0.200. The minimum atomic E-state index is -0.601. The SMILES string of the molecule is C=C/C=C1\CN(C(=O)c2ccc(F)cc2O)C\C1=C1/N=C(C)C(Cl)=C(C)N1. The second-order valence-corrected chi connectivity index (χ2v) is 6.72. The number of carbonyl (C=O) groups is 1. The monoisotopic (exact) mass is 387 g/mol. The number of nitrogens with zero attached hydrogens (tertiary/aromatic N) is 2. The smallest absolute Gasteiger partial charge is 0.258 e. The van der Waals surface area contributed by atoms with Crippen LogP contribution in [0.5, 0.6) is 5.75 Å². The Kier molecular flexibility index (Phi) is 5.19. The lowest BCUT2D eigenvalue weighted by molar-refractivity contribution is 0.0797. The average molecular weight is 388 g/mol. The molecule has 5 nitrogen and oxygen atoms in total. The molecule has 0 aliphatic carbocycles. The number of rotatable bonds is 2. The molecular weight excluding hydrogens is 369 g/mol. The summed E-state index contributed by atoms with van der Waals surface area (Å²) in [4.78, 5) is 18.9. The highest BCUT2D eigenvalue weighted by molar-refractivity contribution is 6.43. The van der Waals surface area contributed by atoms with E-state index < -0.39 is 5.82 Å². The van der Waals surface area contributed by atoms with Gasteiger partial charge in [0, 0.05) is 23.9 Å². The first kappa shape index (κ1) is 18.9. The molecule has 140 valence electrons. The van der Waals surface area contributed by atoms with Crippen LogP contribution in [0.3, 0.4) is 0 Å². The van der Waals surface area contributed by atoms with Crippen LogP contribution in [0.1, 0.15) is 24.2 Å². The maximum atomic E-state index is 13.2. The van der Waals surface area contributed by atoms with Crippen LogP contribution < -0.4 is 5.32 Å². The Hall–Kier alpha value is -2.86. The van der Waals surface area contributed by atoms with E-state index in [0.29, 0.717) is 29.7 Å². The van der Waals surface area contributed by atoms with E-state index in [9.17, 15) is 14.3 Å². The number of benzene rings is 1. The van der Waals surface area contributed by atoms with Crippen LogP contribution >= 0.6 is 11.6 Å². The standard InChI is InChI=1S/C20H19ClFN3O2/c1-4-5-13-9-25(20(27)15-7-6-14(22)8-17(15)26)10-16(13)19-23-11(2)18(21)12(3)24-19/h4-8,23,26H,1,9-10H2,2-3H3/b13-5+,19-16+. The van der Waals surface area contributed by atoms with Gasteiger partial charge in [-0.05, 0) is 31.6 Å². The first-order chi connectivity index (χ1) is 12.8. The van der Waals surface area contributed by atoms with E-state index in [1.807, 2.05) is 19.9 Å². The second kappa shape index (κ2) is 7.40. The van der Waals surface area contributed by atoms with Crippen molar-refractivity contribution in [3.8, 4) is 5.75 Å². The van der Waals surface area contributed by atoms with Gasteiger partial charge < -0.3 is 15.3 Å². The van der Waals surface area contributed by atoms with Crippen molar-refractivity contribution in [2.24, 2.45) is 4.99 Å². The van der Waals surface area contributed by atoms with Gasteiger partial charge >= 0.3 is 0 Å². The number of carbonyl (C=O) groups excluding carboxylic acids is 1. The zero-order valence-electron chi connectivity index (χ0n) is 15.0. The molecule has 1 saturated heterocycles. The molecule has 0 spiro atoms. The van der Waals surface area contributed by atoms with Crippen molar-refractivity contribution < 1.29 is 14.3 Å². The van der Waals surface area contributed by atoms with Crippen LogP contribution in [-0.4, -0.2) is 34.7 Å². The fourth-order valence-corrected chi connectivity index (χ4v) is 3.15. The van der Waals surface area contributed by atoms with Gasteiger partial charge in [0.2, 0.25) is 0 Å². The lowest BCUT2D eigenvalue weighted by atomic mass is 10.1. The molecule has 1 amide bonds. The first-order valence-corrected chi connectivity index (χ1v) is 8.71. The number of amides is 1. The third kappa shape index (κ3) is 3.66. The van der Waals surface area contributed by atoms with Gasteiger partial charge in [0.15, 0.2) is 0 Å². The lowest BCUT2D eigenvalue weighted by Crippen LogP contribution is -2.28. The summed E-state index contributed by atoms with van der Waals surface area (Å²) in [5.41, 5.74) is 3.24. The number of nitrogens with one attached hydrogen (secondary N) is 1. The van der Waals surface area contributed by atoms with Crippen molar-refractivity contribution >= 4 is 23.2 Å². The number of halogens is 2. The number of aromatic hydroxyl groups is 1. The maximum absolute atomic E-state index is 13.2. The van der Waals surface area contributed by atoms with E-state index in [2.05, 4.69) is 16.9 Å². The third-order valence-corrected chi connectivity index (χ3v) is 4.97. The summed E-state index contributed by atoms with van der Waals surface area (Å²) < 4.78 is 13.2. The van der Waals surface area contributed by atoms with E-state index in [0.717, 1.165) is 29.0 Å². The van der Waals surface area contributed by atoms with Crippen molar-refractivity contribution in [2.75, 3.05) is 13.1 Å². The average Bonchev–Trinajstić information content (AvgIpc) is 3.03. The van der Waals surface area contributed by atoms with E-state index in [-0.39, 0.29) is 17.2 Å². The van der Waals surface area contributed by atoms with Crippen LogP contribution in [0.4, 0.5) is 4.39 Å². The van der Waals surface area contributed by atoms with Gasteiger partial charge in [0.1, 0.15) is 17.4 Å². The van der Waals surface area contributed by atoms with Gasteiger partial charge in [-0.3, -0.25) is 4.79 Å². The van der Waals surface area contributed by atoms with E-state index in [1.54, 1.807) is 11.0 Å². The molecule has 0 atom stereocenters. The summed E-state index contributed by atoms with van der Waals surface area (Å²) in [7, 11) is 0. The van der Waals surface area contributed by atoms with Crippen molar-refractivity contribution in [3.05, 3.63) is 76.0 Å². The van der Waals surface area contributed by atoms with Crippen molar-refractivity contribution in [2.45, 2.75) is 13.8 Å². The molecular formula is C20H19ClFN3O2. The Morgan fingerprint density at radius 2 is 2.15 bits per heavy atom. The minimum absolute atomic E-state index is 0.0519.